The first-order valence-electron chi connectivity index (χ1n) is 5.86. The van der Waals surface area contributed by atoms with Crippen LogP contribution in [0.15, 0.2) is 24.3 Å². The summed E-state index contributed by atoms with van der Waals surface area (Å²) < 4.78 is 0.990. The van der Waals surface area contributed by atoms with Gasteiger partial charge in [-0.1, -0.05) is 6.07 Å². The predicted octanol–water partition coefficient (Wildman–Crippen LogP) is 1.71. The normalized spacial score (nSPS) is 10.2. The summed E-state index contributed by atoms with van der Waals surface area (Å²) in [7, 11) is 0. The Morgan fingerprint density at radius 3 is 2.45 bits per heavy atom. The first kappa shape index (κ1) is 14.5. The van der Waals surface area contributed by atoms with Crippen LogP contribution in [0.5, 0.6) is 0 Å². The second-order valence-electron chi connectivity index (χ2n) is 4.31. The zero-order valence-corrected chi connectivity index (χ0v) is 13.1. The van der Waals surface area contributed by atoms with E-state index < -0.39 is 5.91 Å². The Morgan fingerprint density at radius 1 is 1.15 bits per heavy atom. The van der Waals surface area contributed by atoms with E-state index >= 15 is 0 Å². The van der Waals surface area contributed by atoms with Crippen molar-refractivity contribution < 1.29 is 9.59 Å². The molecule has 0 aliphatic rings. The third-order valence-corrected chi connectivity index (χ3v) is 3.82. The highest BCUT2D eigenvalue weighted by Crippen LogP contribution is 2.13. The molecule has 0 atom stereocenters. The summed E-state index contributed by atoms with van der Waals surface area (Å²) in [6, 6.07) is 6.92. The Hall–Kier alpha value is -1.90. The number of benzene rings is 1. The number of amides is 2. The molecule has 0 saturated heterocycles. The zero-order chi connectivity index (χ0) is 14.7. The molecule has 0 unspecified atom stereocenters. The lowest BCUT2D eigenvalue weighted by Gasteiger charge is -2.07. The van der Waals surface area contributed by atoms with Crippen molar-refractivity contribution in [3.8, 4) is 0 Å². The molecule has 0 spiro atoms. The van der Waals surface area contributed by atoms with Crippen LogP contribution in [0.1, 0.15) is 32.1 Å². The van der Waals surface area contributed by atoms with Crippen molar-refractivity contribution in [3.05, 3.63) is 50.4 Å². The molecular formula is C13H13IN4O2. The summed E-state index contributed by atoms with van der Waals surface area (Å²) in [6.45, 7) is 3.75. The highest BCUT2D eigenvalue weighted by molar-refractivity contribution is 14.1. The van der Waals surface area contributed by atoms with Crippen molar-refractivity contribution in [2.75, 3.05) is 0 Å². The molecular weight excluding hydrogens is 371 g/mol. The third kappa shape index (κ3) is 3.35. The van der Waals surface area contributed by atoms with Crippen molar-refractivity contribution in [2.24, 2.45) is 0 Å². The minimum Gasteiger partial charge on any atom is -0.282 e. The molecule has 104 valence electrons. The van der Waals surface area contributed by atoms with Gasteiger partial charge >= 0.3 is 0 Å². The minimum atomic E-state index is -0.468. The largest absolute Gasteiger partial charge is 0.290 e. The summed E-state index contributed by atoms with van der Waals surface area (Å²) in [5, 5.41) is 6.46. The van der Waals surface area contributed by atoms with E-state index in [1.165, 1.54) is 0 Å². The van der Waals surface area contributed by atoms with Crippen LogP contribution < -0.4 is 10.9 Å². The fourth-order valence-corrected chi connectivity index (χ4v) is 2.03. The molecule has 3 N–H and O–H groups in total. The van der Waals surface area contributed by atoms with Crippen molar-refractivity contribution in [3.63, 3.8) is 0 Å². The number of carbonyl (C=O) groups is 2. The predicted molar refractivity (Wildman–Crippen MR) is 82.2 cm³/mol. The Bertz CT molecular complexity index is 666. The molecule has 0 saturated carbocycles. The van der Waals surface area contributed by atoms with Crippen LogP contribution in [0, 0.1) is 17.4 Å². The van der Waals surface area contributed by atoms with Crippen LogP contribution in [-0.4, -0.2) is 22.0 Å². The maximum atomic E-state index is 11.9. The van der Waals surface area contributed by atoms with Gasteiger partial charge in [-0.2, -0.15) is 5.10 Å². The number of hydrogen-bond donors (Lipinski definition) is 3. The molecule has 20 heavy (non-hydrogen) atoms. The molecule has 1 aromatic carbocycles. The van der Waals surface area contributed by atoms with Crippen LogP contribution in [0.3, 0.4) is 0 Å². The van der Waals surface area contributed by atoms with E-state index in [4.69, 9.17) is 0 Å². The van der Waals surface area contributed by atoms with E-state index in [9.17, 15) is 9.59 Å². The van der Waals surface area contributed by atoms with E-state index in [2.05, 4.69) is 43.6 Å². The molecule has 1 aromatic heterocycles. The number of hydrazine groups is 1. The van der Waals surface area contributed by atoms with Gasteiger partial charge in [0.1, 0.15) is 0 Å². The monoisotopic (exact) mass is 384 g/mol. The topological polar surface area (TPSA) is 86.9 Å². The first-order valence-corrected chi connectivity index (χ1v) is 6.94. The SMILES string of the molecule is Cc1cc(C(=O)NNC(=O)c2ccc(C)c(I)c2)n[nH]1. The zero-order valence-electron chi connectivity index (χ0n) is 11.0. The maximum Gasteiger partial charge on any atom is 0.290 e. The van der Waals surface area contributed by atoms with Gasteiger partial charge in [-0.15, -0.1) is 0 Å². The van der Waals surface area contributed by atoms with Gasteiger partial charge in [-0.05, 0) is 60.2 Å². The third-order valence-electron chi connectivity index (χ3n) is 2.66. The second-order valence-corrected chi connectivity index (χ2v) is 5.47. The quantitative estimate of drug-likeness (QED) is 0.544. The van der Waals surface area contributed by atoms with Crippen molar-refractivity contribution in [1.82, 2.24) is 21.0 Å². The molecule has 2 amide bonds. The molecule has 0 radical (unpaired) electrons. The number of aryl methyl sites for hydroxylation is 2. The van der Waals surface area contributed by atoms with Crippen LogP contribution in [0.2, 0.25) is 0 Å². The van der Waals surface area contributed by atoms with Gasteiger partial charge in [0.2, 0.25) is 0 Å². The van der Waals surface area contributed by atoms with E-state index in [1.807, 2.05) is 13.0 Å². The number of nitrogens with one attached hydrogen (secondary N) is 3. The number of aromatic amines is 1. The van der Waals surface area contributed by atoms with E-state index in [0.29, 0.717) is 5.56 Å². The van der Waals surface area contributed by atoms with Crippen molar-refractivity contribution in [2.45, 2.75) is 13.8 Å². The van der Waals surface area contributed by atoms with Gasteiger partial charge in [-0.25, -0.2) is 0 Å². The van der Waals surface area contributed by atoms with Crippen molar-refractivity contribution in [1.29, 1.82) is 0 Å². The van der Waals surface area contributed by atoms with Gasteiger partial charge in [0.15, 0.2) is 5.69 Å². The molecule has 2 rings (SSSR count). The lowest BCUT2D eigenvalue weighted by atomic mass is 10.1. The number of rotatable bonds is 2. The number of halogens is 1. The van der Waals surface area contributed by atoms with E-state index in [1.54, 1.807) is 25.1 Å². The number of aromatic nitrogens is 2. The maximum absolute atomic E-state index is 11.9. The molecule has 2 aromatic rings. The molecule has 0 aliphatic heterocycles. The fourth-order valence-electron chi connectivity index (χ4n) is 1.52. The van der Waals surface area contributed by atoms with Crippen LogP contribution in [-0.2, 0) is 0 Å². The smallest absolute Gasteiger partial charge is 0.282 e. The van der Waals surface area contributed by atoms with E-state index in [-0.39, 0.29) is 11.6 Å². The average molecular weight is 384 g/mol. The lowest BCUT2D eigenvalue weighted by Crippen LogP contribution is -2.41. The van der Waals surface area contributed by atoms with Gasteiger partial charge in [0.25, 0.3) is 11.8 Å². The van der Waals surface area contributed by atoms with Crippen LogP contribution in [0.4, 0.5) is 0 Å². The molecule has 0 fully saturated rings. The Labute approximate surface area is 129 Å². The van der Waals surface area contributed by atoms with Crippen molar-refractivity contribution >= 4 is 34.4 Å². The van der Waals surface area contributed by atoms with Gasteiger partial charge < -0.3 is 0 Å². The number of carbonyl (C=O) groups excluding carboxylic acids is 2. The number of H-pyrrole nitrogens is 1. The van der Waals surface area contributed by atoms with Crippen LogP contribution >= 0.6 is 22.6 Å². The molecule has 7 heteroatoms. The minimum absolute atomic E-state index is 0.223. The van der Waals surface area contributed by atoms with Crippen LogP contribution in [0.25, 0.3) is 0 Å². The standard InChI is InChI=1S/C13H13IN4O2/c1-7-3-4-9(6-10(7)14)12(19)17-18-13(20)11-5-8(2)15-16-11/h3-6H,1-2H3,(H,15,16)(H,17,19)(H,18,20). The summed E-state index contributed by atoms with van der Waals surface area (Å²) in [4.78, 5) is 23.6. The first-order chi connectivity index (χ1) is 9.47. The lowest BCUT2D eigenvalue weighted by molar-refractivity contribution is 0.0844. The molecule has 1 heterocycles. The summed E-state index contributed by atoms with van der Waals surface area (Å²) >= 11 is 2.16. The highest BCUT2D eigenvalue weighted by atomic mass is 127. The summed E-state index contributed by atoms with van der Waals surface area (Å²) in [5.41, 5.74) is 7.26. The van der Waals surface area contributed by atoms with Gasteiger partial charge in [-0.3, -0.25) is 25.5 Å². The molecule has 0 aliphatic carbocycles. The second kappa shape index (κ2) is 6.04. The average Bonchev–Trinajstić information content (AvgIpc) is 2.85. The van der Waals surface area contributed by atoms with Gasteiger partial charge in [0.05, 0.1) is 0 Å². The summed E-state index contributed by atoms with van der Waals surface area (Å²) in [6.07, 6.45) is 0. The molecule has 6 nitrogen and oxygen atoms in total. The van der Waals surface area contributed by atoms with E-state index in [0.717, 1.165) is 14.8 Å². The highest BCUT2D eigenvalue weighted by Gasteiger charge is 2.11. The Morgan fingerprint density at radius 2 is 1.85 bits per heavy atom. The molecule has 0 bridgehead atoms. The van der Waals surface area contributed by atoms with Gasteiger partial charge in [0, 0.05) is 14.8 Å². The summed E-state index contributed by atoms with van der Waals surface area (Å²) in [5.74, 6) is -0.840. The fraction of sp³-hybridized carbons (Fsp3) is 0.154. The number of nitrogens with zero attached hydrogens (tertiary/aromatic N) is 1. The Kier molecular flexibility index (Phi) is 4.38. The number of hydrogen-bond acceptors (Lipinski definition) is 3. The Balaban J connectivity index is 1.98.